The lowest BCUT2D eigenvalue weighted by Crippen LogP contribution is -2.49. The molecule has 0 bridgehead atoms. The zero-order valence-corrected chi connectivity index (χ0v) is 17.5. The van der Waals surface area contributed by atoms with E-state index in [-0.39, 0.29) is 23.9 Å². The number of morpholine rings is 1. The molecule has 0 saturated carbocycles. The SMILES string of the molecule is C[C@H]1CN(C(=O)Cn2cc(SCc3ccccc3F)c3ccccc32)C[C@H](C)O1. The number of rotatable bonds is 5. The van der Waals surface area contributed by atoms with Gasteiger partial charge in [0.15, 0.2) is 0 Å². The average molecular weight is 413 g/mol. The summed E-state index contributed by atoms with van der Waals surface area (Å²) in [5, 5.41) is 1.09. The molecule has 1 fully saturated rings. The standard InChI is InChI=1S/C23H25FN2O2S/c1-16-11-26(12-17(2)28-16)23(27)14-25-13-22(19-8-4-6-10-21(19)25)29-15-18-7-3-5-9-20(18)24/h3-10,13,16-17H,11-12,14-15H2,1-2H3/t16-,17-/m0/s1. The van der Waals surface area contributed by atoms with Gasteiger partial charge in [0.1, 0.15) is 12.4 Å². The summed E-state index contributed by atoms with van der Waals surface area (Å²) in [6.45, 7) is 5.53. The lowest BCUT2D eigenvalue weighted by molar-refractivity contribution is -0.143. The predicted octanol–water partition coefficient (Wildman–Crippen LogP) is 4.71. The van der Waals surface area contributed by atoms with Crippen molar-refractivity contribution in [3.8, 4) is 0 Å². The zero-order chi connectivity index (χ0) is 20.4. The molecule has 2 atom stereocenters. The molecule has 0 spiro atoms. The van der Waals surface area contributed by atoms with E-state index in [0.29, 0.717) is 31.0 Å². The normalized spacial score (nSPS) is 19.6. The van der Waals surface area contributed by atoms with Crippen LogP contribution in [0.15, 0.2) is 59.6 Å². The highest BCUT2D eigenvalue weighted by Gasteiger charge is 2.26. The van der Waals surface area contributed by atoms with E-state index in [1.165, 1.54) is 6.07 Å². The van der Waals surface area contributed by atoms with Crippen molar-refractivity contribution in [2.45, 2.75) is 43.2 Å². The van der Waals surface area contributed by atoms with E-state index in [2.05, 4.69) is 6.07 Å². The number of hydrogen-bond acceptors (Lipinski definition) is 3. The van der Waals surface area contributed by atoms with E-state index in [1.54, 1.807) is 17.8 Å². The summed E-state index contributed by atoms with van der Waals surface area (Å²) < 4.78 is 21.7. The highest BCUT2D eigenvalue weighted by Crippen LogP contribution is 2.32. The number of ether oxygens (including phenoxy) is 1. The Bertz CT molecular complexity index is 1010. The smallest absolute Gasteiger partial charge is 0.242 e. The molecule has 6 heteroatoms. The van der Waals surface area contributed by atoms with Gasteiger partial charge in [0.05, 0.1) is 12.2 Å². The Kier molecular flexibility index (Phi) is 5.92. The van der Waals surface area contributed by atoms with Crippen LogP contribution in [0.5, 0.6) is 0 Å². The maximum absolute atomic E-state index is 14.0. The fourth-order valence-corrected chi connectivity index (χ4v) is 4.93. The van der Waals surface area contributed by atoms with Crippen LogP contribution in [-0.4, -0.2) is 40.7 Å². The number of hydrogen-bond donors (Lipinski definition) is 0. The quantitative estimate of drug-likeness (QED) is 0.569. The van der Waals surface area contributed by atoms with Gasteiger partial charge < -0.3 is 14.2 Å². The molecule has 3 aromatic rings. The van der Waals surface area contributed by atoms with Crippen molar-refractivity contribution in [1.82, 2.24) is 9.47 Å². The summed E-state index contributed by atoms with van der Waals surface area (Å²) in [4.78, 5) is 15.9. The number of amides is 1. The number of aromatic nitrogens is 1. The van der Waals surface area contributed by atoms with Gasteiger partial charge in [-0.3, -0.25) is 4.79 Å². The summed E-state index contributed by atoms with van der Waals surface area (Å²) in [7, 11) is 0. The molecule has 4 rings (SSSR count). The number of halogens is 1. The Balaban J connectivity index is 1.54. The minimum atomic E-state index is -0.186. The van der Waals surface area contributed by atoms with Gasteiger partial charge in [0.2, 0.25) is 5.91 Å². The van der Waals surface area contributed by atoms with Gasteiger partial charge in [-0.25, -0.2) is 4.39 Å². The Morgan fingerprint density at radius 3 is 2.55 bits per heavy atom. The van der Waals surface area contributed by atoms with Gasteiger partial charge in [-0.1, -0.05) is 36.4 Å². The van der Waals surface area contributed by atoms with Gasteiger partial charge in [0.25, 0.3) is 0 Å². The molecule has 1 amide bonds. The minimum Gasteiger partial charge on any atom is -0.372 e. The average Bonchev–Trinajstić information content (AvgIpc) is 3.04. The maximum Gasteiger partial charge on any atom is 0.242 e. The highest BCUT2D eigenvalue weighted by molar-refractivity contribution is 7.98. The molecule has 1 saturated heterocycles. The second kappa shape index (κ2) is 8.59. The first-order chi connectivity index (χ1) is 14.0. The van der Waals surface area contributed by atoms with E-state index in [0.717, 1.165) is 15.8 Å². The molecule has 1 aliphatic rings. The Morgan fingerprint density at radius 2 is 1.79 bits per heavy atom. The molecule has 2 aromatic carbocycles. The molecular formula is C23H25FN2O2S. The third-order valence-corrected chi connectivity index (χ3v) is 6.26. The summed E-state index contributed by atoms with van der Waals surface area (Å²) in [6, 6.07) is 14.9. The summed E-state index contributed by atoms with van der Waals surface area (Å²) in [5.74, 6) is 0.459. The van der Waals surface area contributed by atoms with Crippen LogP contribution in [0.25, 0.3) is 10.9 Å². The first kappa shape index (κ1) is 20.0. The minimum absolute atomic E-state index is 0.0518. The van der Waals surface area contributed by atoms with E-state index < -0.39 is 0 Å². The van der Waals surface area contributed by atoms with Gasteiger partial charge in [-0.2, -0.15) is 0 Å². The molecule has 0 aliphatic carbocycles. The van der Waals surface area contributed by atoms with Crippen molar-refractivity contribution >= 4 is 28.6 Å². The zero-order valence-electron chi connectivity index (χ0n) is 16.7. The molecule has 0 N–H and O–H groups in total. The maximum atomic E-state index is 14.0. The first-order valence-electron chi connectivity index (χ1n) is 9.88. The number of carbonyl (C=O) groups is 1. The topological polar surface area (TPSA) is 34.5 Å². The number of fused-ring (bicyclic) bond motifs is 1. The number of carbonyl (C=O) groups excluding carboxylic acids is 1. The molecule has 4 nitrogen and oxygen atoms in total. The van der Waals surface area contributed by atoms with Crippen LogP contribution in [0.2, 0.25) is 0 Å². The van der Waals surface area contributed by atoms with Gasteiger partial charge in [0, 0.05) is 40.8 Å². The van der Waals surface area contributed by atoms with Crippen molar-refractivity contribution in [2.24, 2.45) is 0 Å². The lowest BCUT2D eigenvalue weighted by atomic mass is 10.2. The fraction of sp³-hybridized carbons (Fsp3) is 0.348. The van der Waals surface area contributed by atoms with Crippen molar-refractivity contribution < 1.29 is 13.9 Å². The van der Waals surface area contributed by atoms with Gasteiger partial charge >= 0.3 is 0 Å². The van der Waals surface area contributed by atoms with Crippen molar-refractivity contribution in [1.29, 1.82) is 0 Å². The number of para-hydroxylation sites is 1. The molecule has 29 heavy (non-hydrogen) atoms. The molecule has 0 radical (unpaired) electrons. The van der Waals surface area contributed by atoms with Crippen LogP contribution in [0.4, 0.5) is 4.39 Å². The molecule has 152 valence electrons. The molecular weight excluding hydrogens is 387 g/mol. The third-order valence-electron chi connectivity index (χ3n) is 5.17. The molecule has 2 heterocycles. The van der Waals surface area contributed by atoms with Crippen LogP contribution >= 0.6 is 11.8 Å². The highest BCUT2D eigenvalue weighted by atomic mass is 32.2. The monoisotopic (exact) mass is 412 g/mol. The number of thioether (sulfide) groups is 1. The van der Waals surface area contributed by atoms with Crippen LogP contribution < -0.4 is 0 Å². The van der Waals surface area contributed by atoms with Gasteiger partial charge in [-0.05, 0) is 31.5 Å². The second-order valence-electron chi connectivity index (χ2n) is 7.57. The fourth-order valence-electron chi connectivity index (χ4n) is 3.86. The Hall–Kier alpha value is -2.31. The molecule has 0 unspecified atom stereocenters. The lowest BCUT2D eigenvalue weighted by Gasteiger charge is -2.35. The van der Waals surface area contributed by atoms with Crippen LogP contribution in [0.1, 0.15) is 19.4 Å². The van der Waals surface area contributed by atoms with Crippen LogP contribution in [-0.2, 0) is 21.8 Å². The second-order valence-corrected chi connectivity index (χ2v) is 8.59. The summed E-state index contributed by atoms with van der Waals surface area (Å²) >= 11 is 1.60. The van der Waals surface area contributed by atoms with E-state index in [9.17, 15) is 9.18 Å². The predicted molar refractivity (Wildman–Crippen MR) is 114 cm³/mol. The van der Waals surface area contributed by atoms with Crippen LogP contribution in [0, 0.1) is 5.82 Å². The van der Waals surface area contributed by atoms with Crippen LogP contribution in [0.3, 0.4) is 0 Å². The van der Waals surface area contributed by atoms with Crippen molar-refractivity contribution in [2.75, 3.05) is 13.1 Å². The molecule has 1 aliphatic heterocycles. The Labute approximate surface area is 174 Å². The van der Waals surface area contributed by atoms with Crippen molar-refractivity contribution in [3.63, 3.8) is 0 Å². The molecule has 1 aromatic heterocycles. The van der Waals surface area contributed by atoms with E-state index >= 15 is 0 Å². The number of nitrogens with zero attached hydrogens (tertiary/aromatic N) is 2. The number of benzene rings is 2. The summed E-state index contributed by atoms with van der Waals surface area (Å²) in [5.41, 5.74) is 1.70. The third kappa shape index (κ3) is 4.49. The summed E-state index contributed by atoms with van der Waals surface area (Å²) in [6.07, 6.45) is 2.12. The van der Waals surface area contributed by atoms with Gasteiger partial charge in [-0.15, -0.1) is 11.8 Å². The first-order valence-corrected chi connectivity index (χ1v) is 10.9. The van der Waals surface area contributed by atoms with E-state index in [4.69, 9.17) is 4.74 Å². The van der Waals surface area contributed by atoms with E-state index in [1.807, 2.05) is 59.8 Å². The Morgan fingerprint density at radius 1 is 1.10 bits per heavy atom. The van der Waals surface area contributed by atoms with Crippen molar-refractivity contribution in [3.05, 3.63) is 66.1 Å². The largest absolute Gasteiger partial charge is 0.372 e.